The van der Waals surface area contributed by atoms with Gasteiger partial charge in [0.2, 0.25) is 5.91 Å². The summed E-state index contributed by atoms with van der Waals surface area (Å²) in [6.45, 7) is 4.15. The summed E-state index contributed by atoms with van der Waals surface area (Å²) < 4.78 is 0. The van der Waals surface area contributed by atoms with Crippen LogP contribution in [-0.2, 0) is 4.79 Å². The molecule has 1 aromatic carbocycles. The average molecular weight is 275 g/mol. The molecule has 20 heavy (non-hydrogen) atoms. The van der Waals surface area contributed by atoms with Crippen LogP contribution < -0.4 is 10.6 Å². The van der Waals surface area contributed by atoms with E-state index in [1.807, 2.05) is 42.2 Å². The van der Waals surface area contributed by atoms with Crippen molar-refractivity contribution >= 4 is 17.6 Å². The molecule has 2 N–H and O–H groups in total. The third-order valence-electron chi connectivity index (χ3n) is 3.35. The number of amides is 3. The first-order chi connectivity index (χ1) is 9.65. The zero-order valence-corrected chi connectivity index (χ0v) is 11.8. The van der Waals surface area contributed by atoms with E-state index in [2.05, 4.69) is 10.6 Å². The van der Waals surface area contributed by atoms with Gasteiger partial charge in [-0.1, -0.05) is 25.1 Å². The Kier molecular flexibility index (Phi) is 4.98. The highest BCUT2D eigenvalue weighted by molar-refractivity contribution is 5.89. The van der Waals surface area contributed by atoms with E-state index in [1.54, 1.807) is 0 Å². The molecule has 108 valence electrons. The topological polar surface area (TPSA) is 61.4 Å². The van der Waals surface area contributed by atoms with E-state index in [4.69, 9.17) is 0 Å². The van der Waals surface area contributed by atoms with Crippen molar-refractivity contribution in [2.45, 2.75) is 19.8 Å². The second-order valence-corrected chi connectivity index (χ2v) is 5.25. The van der Waals surface area contributed by atoms with Crippen molar-refractivity contribution in [2.75, 3.05) is 25.0 Å². The second kappa shape index (κ2) is 6.93. The molecule has 0 saturated carbocycles. The van der Waals surface area contributed by atoms with E-state index < -0.39 is 0 Å². The summed E-state index contributed by atoms with van der Waals surface area (Å²) in [5.41, 5.74) is 0.771. The third kappa shape index (κ3) is 4.26. The SMILES string of the molecule is CC(CNC(=O)Nc1ccccc1)CN1CCCC1=O. The number of rotatable bonds is 5. The fourth-order valence-corrected chi connectivity index (χ4v) is 2.30. The van der Waals surface area contributed by atoms with Crippen LogP contribution in [0, 0.1) is 5.92 Å². The Morgan fingerprint density at radius 1 is 1.35 bits per heavy atom. The van der Waals surface area contributed by atoms with Gasteiger partial charge in [-0.05, 0) is 24.5 Å². The van der Waals surface area contributed by atoms with E-state index in [9.17, 15) is 9.59 Å². The highest BCUT2D eigenvalue weighted by Crippen LogP contribution is 2.11. The number of carbonyl (C=O) groups is 2. The van der Waals surface area contributed by atoms with Crippen LogP contribution in [0.25, 0.3) is 0 Å². The van der Waals surface area contributed by atoms with Crippen molar-refractivity contribution in [3.05, 3.63) is 30.3 Å². The van der Waals surface area contributed by atoms with E-state index in [1.165, 1.54) is 0 Å². The fraction of sp³-hybridized carbons (Fsp3) is 0.467. The molecular weight excluding hydrogens is 254 g/mol. The lowest BCUT2D eigenvalue weighted by Gasteiger charge is -2.21. The molecule has 5 nitrogen and oxygen atoms in total. The van der Waals surface area contributed by atoms with E-state index in [0.29, 0.717) is 19.5 Å². The standard InChI is InChI=1S/C15H21N3O2/c1-12(11-18-9-5-8-14(18)19)10-16-15(20)17-13-6-3-2-4-7-13/h2-4,6-7,12H,5,8-11H2,1H3,(H2,16,17,20). The van der Waals surface area contributed by atoms with Crippen molar-refractivity contribution in [1.82, 2.24) is 10.2 Å². The first kappa shape index (κ1) is 14.4. The van der Waals surface area contributed by atoms with Gasteiger partial charge in [-0.25, -0.2) is 4.79 Å². The first-order valence-electron chi connectivity index (χ1n) is 7.03. The zero-order chi connectivity index (χ0) is 14.4. The lowest BCUT2D eigenvalue weighted by Crippen LogP contribution is -2.37. The van der Waals surface area contributed by atoms with Crippen molar-refractivity contribution in [2.24, 2.45) is 5.92 Å². The van der Waals surface area contributed by atoms with E-state index in [0.717, 1.165) is 18.7 Å². The Hall–Kier alpha value is -2.04. The van der Waals surface area contributed by atoms with Crippen molar-refractivity contribution in [1.29, 1.82) is 0 Å². The Balaban J connectivity index is 1.69. The van der Waals surface area contributed by atoms with Gasteiger partial charge in [-0.3, -0.25) is 4.79 Å². The molecule has 1 aliphatic heterocycles. The molecule has 3 amide bonds. The van der Waals surface area contributed by atoms with Gasteiger partial charge in [0.1, 0.15) is 0 Å². The van der Waals surface area contributed by atoms with Gasteiger partial charge >= 0.3 is 6.03 Å². The van der Waals surface area contributed by atoms with Crippen LogP contribution in [-0.4, -0.2) is 36.5 Å². The van der Waals surface area contributed by atoms with Crippen molar-refractivity contribution < 1.29 is 9.59 Å². The summed E-state index contributed by atoms with van der Waals surface area (Å²) in [7, 11) is 0. The molecule has 2 rings (SSSR count). The van der Waals surface area contributed by atoms with Crippen LogP contribution in [0.3, 0.4) is 0 Å². The van der Waals surface area contributed by atoms with Gasteiger partial charge in [0, 0.05) is 31.7 Å². The molecule has 0 aliphatic carbocycles. The fourth-order valence-electron chi connectivity index (χ4n) is 2.30. The van der Waals surface area contributed by atoms with Crippen molar-refractivity contribution in [3.8, 4) is 0 Å². The summed E-state index contributed by atoms with van der Waals surface area (Å²) in [5, 5.41) is 5.60. The van der Waals surface area contributed by atoms with Crippen LogP contribution in [0.15, 0.2) is 30.3 Å². The average Bonchev–Trinajstić information content (AvgIpc) is 2.83. The zero-order valence-electron chi connectivity index (χ0n) is 11.8. The largest absolute Gasteiger partial charge is 0.342 e. The second-order valence-electron chi connectivity index (χ2n) is 5.25. The summed E-state index contributed by atoms with van der Waals surface area (Å²) in [6, 6.07) is 9.11. The molecule has 0 radical (unpaired) electrons. The molecule has 0 spiro atoms. The molecule has 1 atom stereocenters. The first-order valence-corrected chi connectivity index (χ1v) is 7.03. The van der Waals surface area contributed by atoms with E-state index >= 15 is 0 Å². The Labute approximate surface area is 119 Å². The van der Waals surface area contributed by atoms with Crippen LogP contribution >= 0.6 is 0 Å². The maximum atomic E-state index is 11.7. The van der Waals surface area contributed by atoms with E-state index in [-0.39, 0.29) is 17.9 Å². The number of urea groups is 1. The number of likely N-dealkylation sites (tertiary alicyclic amines) is 1. The molecule has 0 aromatic heterocycles. The number of hydrogen-bond donors (Lipinski definition) is 2. The van der Waals surface area contributed by atoms with Gasteiger partial charge < -0.3 is 15.5 Å². The van der Waals surface area contributed by atoms with Gasteiger partial charge in [0.05, 0.1) is 0 Å². The van der Waals surface area contributed by atoms with Gasteiger partial charge in [-0.15, -0.1) is 0 Å². The van der Waals surface area contributed by atoms with Crippen molar-refractivity contribution in [3.63, 3.8) is 0 Å². The smallest absolute Gasteiger partial charge is 0.319 e. The minimum atomic E-state index is -0.212. The minimum absolute atomic E-state index is 0.212. The molecule has 0 bridgehead atoms. The summed E-state index contributed by atoms with van der Waals surface area (Å²) in [5.74, 6) is 0.476. The van der Waals surface area contributed by atoms with Gasteiger partial charge in [0.15, 0.2) is 0 Å². The number of hydrogen-bond acceptors (Lipinski definition) is 2. The molecule has 1 unspecified atom stereocenters. The molecule has 5 heteroatoms. The number of carbonyl (C=O) groups excluding carboxylic acids is 2. The number of nitrogens with zero attached hydrogens (tertiary/aromatic N) is 1. The maximum absolute atomic E-state index is 11.7. The predicted molar refractivity (Wildman–Crippen MR) is 78.4 cm³/mol. The maximum Gasteiger partial charge on any atom is 0.319 e. The predicted octanol–water partition coefficient (Wildman–Crippen LogP) is 2.07. The monoisotopic (exact) mass is 275 g/mol. The van der Waals surface area contributed by atoms with Crippen LogP contribution in [0.2, 0.25) is 0 Å². The number of anilines is 1. The number of para-hydroxylation sites is 1. The highest BCUT2D eigenvalue weighted by atomic mass is 16.2. The molecule has 1 aliphatic rings. The van der Waals surface area contributed by atoms with Crippen LogP contribution in [0.4, 0.5) is 10.5 Å². The Morgan fingerprint density at radius 2 is 2.10 bits per heavy atom. The van der Waals surface area contributed by atoms with Gasteiger partial charge in [-0.2, -0.15) is 0 Å². The number of benzene rings is 1. The summed E-state index contributed by atoms with van der Waals surface area (Å²) >= 11 is 0. The normalized spacial score (nSPS) is 16.1. The lowest BCUT2D eigenvalue weighted by atomic mass is 10.1. The minimum Gasteiger partial charge on any atom is -0.342 e. The number of nitrogens with one attached hydrogen (secondary N) is 2. The Morgan fingerprint density at radius 3 is 2.75 bits per heavy atom. The highest BCUT2D eigenvalue weighted by Gasteiger charge is 2.21. The summed E-state index contributed by atoms with van der Waals surface area (Å²) in [4.78, 5) is 25.1. The molecule has 1 heterocycles. The molecule has 1 aromatic rings. The Bertz CT molecular complexity index is 461. The molecule has 1 saturated heterocycles. The summed E-state index contributed by atoms with van der Waals surface area (Å²) in [6.07, 6.45) is 1.61. The van der Waals surface area contributed by atoms with Gasteiger partial charge in [0.25, 0.3) is 0 Å². The lowest BCUT2D eigenvalue weighted by molar-refractivity contribution is -0.128. The molecule has 1 fully saturated rings. The van der Waals surface area contributed by atoms with Crippen LogP contribution in [0.1, 0.15) is 19.8 Å². The van der Waals surface area contributed by atoms with Crippen LogP contribution in [0.5, 0.6) is 0 Å². The third-order valence-corrected chi connectivity index (χ3v) is 3.35. The molecular formula is C15H21N3O2. The quantitative estimate of drug-likeness (QED) is 0.864.